The molecule has 2 N–H and O–H groups in total. The lowest BCUT2D eigenvalue weighted by Gasteiger charge is -2.28. The van der Waals surface area contributed by atoms with Gasteiger partial charge in [-0.05, 0) is 56.9 Å². The van der Waals surface area contributed by atoms with Gasteiger partial charge in [0.15, 0.2) is 0 Å². The van der Waals surface area contributed by atoms with E-state index in [2.05, 4.69) is 10.6 Å². The number of anilines is 2. The first-order valence-electron chi connectivity index (χ1n) is 9.75. The molecule has 0 saturated carbocycles. The molecule has 1 fully saturated rings. The van der Waals surface area contributed by atoms with E-state index in [9.17, 15) is 14.4 Å². The summed E-state index contributed by atoms with van der Waals surface area (Å²) in [6.07, 6.45) is 0. The number of ether oxygens (including phenoxy) is 1. The van der Waals surface area contributed by atoms with Gasteiger partial charge in [0.1, 0.15) is 12.6 Å². The fourth-order valence-electron chi connectivity index (χ4n) is 3.26. The molecular formula is C21H25ClN4O4S. The molecule has 0 bridgehead atoms. The van der Waals surface area contributed by atoms with E-state index in [1.54, 1.807) is 29.2 Å². The van der Waals surface area contributed by atoms with Crippen molar-refractivity contribution in [3.05, 3.63) is 45.1 Å². The zero-order chi connectivity index (χ0) is 22.5. The van der Waals surface area contributed by atoms with Crippen molar-refractivity contribution in [2.24, 2.45) is 0 Å². The standard InChI is InChI=1S/C21H25ClN4O4S/c1-13-10-14(4-5-16(13)26-8-9-30-12-19(26)27)23-20(28)15(11-25(2)3)24-21(29)17-6-7-18(22)31-17/h4-7,10,15H,8-9,11-12H2,1-3H3,(H,23,28)(H,24,29). The zero-order valence-corrected chi connectivity index (χ0v) is 19.2. The Morgan fingerprint density at radius 3 is 2.68 bits per heavy atom. The molecule has 1 aliphatic heterocycles. The summed E-state index contributed by atoms with van der Waals surface area (Å²) in [7, 11) is 3.65. The van der Waals surface area contributed by atoms with Gasteiger partial charge in [0.2, 0.25) is 5.91 Å². The number of nitrogens with one attached hydrogen (secondary N) is 2. The van der Waals surface area contributed by atoms with Gasteiger partial charge in [-0.3, -0.25) is 14.4 Å². The van der Waals surface area contributed by atoms with Crippen molar-refractivity contribution in [3.63, 3.8) is 0 Å². The zero-order valence-electron chi connectivity index (χ0n) is 17.6. The number of carbonyl (C=O) groups is 3. The second-order valence-corrected chi connectivity index (χ2v) is 9.20. The van der Waals surface area contributed by atoms with Crippen LogP contribution in [0.1, 0.15) is 15.2 Å². The lowest BCUT2D eigenvalue weighted by molar-refractivity contribution is -0.125. The minimum Gasteiger partial charge on any atom is -0.370 e. The third-order valence-electron chi connectivity index (χ3n) is 4.71. The molecule has 0 radical (unpaired) electrons. The highest BCUT2D eigenvalue weighted by Gasteiger charge is 2.24. The molecule has 0 spiro atoms. The largest absolute Gasteiger partial charge is 0.370 e. The smallest absolute Gasteiger partial charge is 0.262 e. The van der Waals surface area contributed by atoms with Crippen LogP contribution < -0.4 is 15.5 Å². The second kappa shape index (κ2) is 10.2. The topological polar surface area (TPSA) is 91.0 Å². The number of thiophene rings is 1. The monoisotopic (exact) mass is 464 g/mol. The minimum atomic E-state index is -0.760. The van der Waals surface area contributed by atoms with Crippen LogP contribution in [0.2, 0.25) is 4.34 Å². The van der Waals surface area contributed by atoms with E-state index >= 15 is 0 Å². The van der Waals surface area contributed by atoms with Crippen LogP contribution in [0.25, 0.3) is 0 Å². The SMILES string of the molecule is Cc1cc(NC(=O)C(CN(C)C)NC(=O)c2ccc(Cl)s2)ccc1N1CCOCC1=O. The van der Waals surface area contributed by atoms with E-state index in [4.69, 9.17) is 16.3 Å². The molecular weight excluding hydrogens is 440 g/mol. The van der Waals surface area contributed by atoms with Gasteiger partial charge in [0.25, 0.3) is 11.8 Å². The summed E-state index contributed by atoms with van der Waals surface area (Å²) in [5, 5.41) is 5.63. The summed E-state index contributed by atoms with van der Waals surface area (Å²) in [6.45, 7) is 3.27. The molecule has 3 amide bonds. The summed E-state index contributed by atoms with van der Waals surface area (Å²) in [4.78, 5) is 41.5. The Kier molecular flexibility index (Phi) is 7.66. The third-order valence-corrected chi connectivity index (χ3v) is 5.94. The van der Waals surface area contributed by atoms with E-state index in [1.807, 2.05) is 32.0 Å². The number of carbonyl (C=O) groups excluding carboxylic acids is 3. The number of halogens is 1. The van der Waals surface area contributed by atoms with Gasteiger partial charge in [-0.2, -0.15) is 0 Å². The Hall–Kier alpha value is -2.46. The average molecular weight is 465 g/mol. The summed E-state index contributed by atoms with van der Waals surface area (Å²) in [6, 6.07) is 7.87. The highest BCUT2D eigenvalue weighted by Crippen LogP contribution is 2.25. The van der Waals surface area contributed by atoms with Gasteiger partial charge in [-0.25, -0.2) is 0 Å². The molecule has 0 aliphatic carbocycles. The number of rotatable bonds is 7. The highest BCUT2D eigenvalue weighted by atomic mass is 35.5. The number of morpholine rings is 1. The van der Waals surface area contributed by atoms with Crippen molar-refractivity contribution in [3.8, 4) is 0 Å². The fraction of sp³-hybridized carbons (Fsp3) is 0.381. The third kappa shape index (κ3) is 6.04. The number of nitrogens with zero attached hydrogens (tertiary/aromatic N) is 2. The van der Waals surface area contributed by atoms with E-state index in [0.717, 1.165) is 22.6 Å². The van der Waals surface area contributed by atoms with Crippen LogP contribution in [0.5, 0.6) is 0 Å². The molecule has 1 aromatic carbocycles. The Labute approximate surface area is 190 Å². The van der Waals surface area contributed by atoms with Crippen LogP contribution in [0, 0.1) is 6.92 Å². The van der Waals surface area contributed by atoms with Crippen molar-refractivity contribution in [1.29, 1.82) is 0 Å². The molecule has 166 valence electrons. The van der Waals surface area contributed by atoms with Crippen LogP contribution in [0.15, 0.2) is 30.3 Å². The van der Waals surface area contributed by atoms with Gasteiger partial charge in [-0.15, -0.1) is 11.3 Å². The molecule has 10 heteroatoms. The quantitative estimate of drug-likeness (QED) is 0.656. The Morgan fingerprint density at radius 1 is 1.29 bits per heavy atom. The van der Waals surface area contributed by atoms with Gasteiger partial charge >= 0.3 is 0 Å². The van der Waals surface area contributed by atoms with E-state index in [-0.39, 0.29) is 24.3 Å². The number of amides is 3. The molecule has 3 rings (SSSR count). The van der Waals surface area contributed by atoms with Crippen molar-refractivity contribution in [1.82, 2.24) is 10.2 Å². The van der Waals surface area contributed by atoms with Crippen LogP contribution in [0.3, 0.4) is 0 Å². The number of hydrogen-bond donors (Lipinski definition) is 2. The Morgan fingerprint density at radius 2 is 2.06 bits per heavy atom. The number of benzene rings is 1. The highest BCUT2D eigenvalue weighted by molar-refractivity contribution is 7.18. The predicted molar refractivity (Wildman–Crippen MR) is 122 cm³/mol. The van der Waals surface area contributed by atoms with Crippen LogP contribution in [0.4, 0.5) is 11.4 Å². The lowest BCUT2D eigenvalue weighted by Crippen LogP contribution is -2.49. The average Bonchev–Trinajstić information content (AvgIpc) is 3.14. The first kappa shape index (κ1) is 23.2. The summed E-state index contributed by atoms with van der Waals surface area (Å²) in [5.74, 6) is -0.774. The molecule has 2 aromatic rings. The molecule has 1 saturated heterocycles. The lowest BCUT2D eigenvalue weighted by atomic mass is 10.1. The first-order chi connectivity index (χ1) is 14.7. The number of likely N-dealkylation sites (N-methyl/N-ethyl adjacent to an activating group) is 1. The second-order valence-electron chi connectivity index (χ2n) is 7.48. The number of hydrogen-bond acceptors (Lipinski definition) is 6. The van der Waals surface area contributed by atoms with Crippen LogP contribution in [-0.4, -0.2) is 69.1 Å². The fourth-order valence-corrected chi connectivity index (χ4v) is 4.21. The summed E-state index contributed by atoms with van der Waals surface area (Å²) >= 11 is 7.06. The van der Waals surface area contributed by atoms with Gasteiger partial charge in [0, 0.05) is 24.5 Å². The Balaban J connectivity index is 1.71. The molecule has 1 unspecified atom stereocenters. The maximum absolute atomic E-state index is 12.9. The van der Waals surface area contributed by atoms with Gasteiger partial charge in [0.05, 0.1) is 15.8 Å². The van der Waals surface area contributed by atoms with Crippen molar-refractivity contribution in [2.75, 3.05) is 50.6 Å². The molecule has 8 nitrogen and oxygen atoms in total. The van der Waals surface area contributed by atoms with E-state index in [0.29, 0.717) is 34.6 Å². The van der Waals surface area contributed by atoms with Crippen molar-refractivity contribution < 1.29 is 19.1 Å². The van der Waals surface area contributed by atoms with E-state index in [1.165, 1.54) is 0 Å². The molecule has 1 aromatic heterocycles. The number of aryl methyl sites for hydroxylation is 1. The van der Waals surface area contributed by atoms with Crippen molar-refractivity contribution in [2.45, 2.75) is 13.0 Å². The van der Waals surface area contributed by atoms with Crippen LogP contribution >= 0.6 is 22.9 Å². The Bertz CT molecular complexity index is 978. The summed E-state index contributed by atoms with van der Waals surface area (Å²) < 4.78 is 5.69. The maximum atomic E-state index is 12.9. The molecule has 31 heavy (non-hydrogen) atoms. The van der Waals surface area contributed by atoms with Gasteiger partial charge < -0.3 is 25.2 Å². The van der Waals surface area contributed by atoms with Gasteiger partial charge in [-0.1, -0.05) is 11.6 Å². The normalized spacial score (nSPS) is 15.1. The summed E-state index contributed by atoms with van der Waals surface area (Å²) in [5.41, 5.74) is 2.23. The molecule has 1 aliphatic rings. The first-order valence-corrected chi connectivity index (χ1v) is 10.9. The van der Waals surface area contributed by atoms with Crippen LogP contribution in [-0.2, 0) is 14.3 Å². The molecule has 2 heterocycles. The minimum absolute atomic E-state index is 0.0687. The van der Waals surface area contributed by atoms with Crippen molar-refractivity contribution >= 4 is 52.0 Å². The predicted octanol–water partition coefficient (Wildman–Crippen LogP) is 2.37. The molecule has 1 atom stereocenters. The van der Waals surface area contributed by atoms with E-state index < -0.39 is 6.04 Å². The maximum Gasteiger partial charge on any atom is 0.262 e.